The molecule has 1 aliphatic carbocycles. The Kier molecular flexibility index (Phi) is 2.88. The third kappa shape index (κ3) is 1.41. The van der Waals surface area contributed by atoms with Crippen LogP contribution in [-0.4, -0.2) is 35.1 Å². The number of hydrogen-bond acceptors (Lipinski definition) is 3. The molecule has 3 heteroatoms. The van der Waals surface area contributed by atoms with Crippen molar-refractivity contribution in [2.45, 2.75) is 55.3 Å². The quantitative estimate of drug-likeness (QED) is 0.765. The van der Waals surface area contributed by atoms with Crippen LogP contribution < -0.4 is 0 Å². The van der Waals surface area contributed by atoms with Gasteiger partial charge in [0.05, 0.1) is 0 Å². The van der Waals surface area contributed by atoms with Crippen molar-refractivity contribution in [3.05, 3.63) is 24.8 Å². The van der Waals surface area contributed by atoms with Gasteiger partial charge in [-0.25, -0.2) is 0 Å². The van der Waals surface area contributed by atoms with Gasteiger partial charge in [0.2, 0.25) is 0 Å². The van der Waals surface area contributed by atoms with Crippen molar-refractivity contribution in [1.29, 1.82) is 0 Å². The highest BCUT2D eigenvalue weighted by molar-refractivity contribution is 5.29. The second-order valence-electron chi connectivity index (χ2n) is 5.75. The molecule has 1 N–H and O–H groups in total. The summed E-state index contributed by atoms with van der Waals surface area (Å²) in [5.74, 6) is 0. The first-order chi connectivity index (χ1) is 8.68. The van der Waals surface area contributed by atoms with Gasteiger partial charge in [-0.1, -0.05) is 18.2 Å². The van der Waals surface area contributed by atoms with E-state index in [9.17, 15) is 5.11 Å². The van der Waals surface area contributed by atoms with Crippen LogP contribution in [0.3, 0.4) is 0 Å². The zero-order valence-corrected chi connectivity index (χ0v) is 10.9. The van der Waals surface area contributed by atoms with Gasteiger partial charge in [0, 0.05) is 19.6 Å². The van der Waals surface area contributed by atoms with E-state index in [1.54, 1.807) is 6.08 Å². The molecule has 2 aliphatic heterocycles. The smallest absolute Gasteiger partial charge is 0.130 e. The molecule has 18 heavy (non-hydrogen) atoms. The molecule has 0 saturated carbocycles. The Labute approximate surface area is 108 Å². The number of rotatable bonds is 2. The number of aliphatic hydroxyl groups is 1. The molecule has 0 aromatic carbocycles. The van der Waals surface area contributed by atoms with E-state index in [1.165, 1.54) is 0 Å². The van der Waals surface area contributed by atoms with E-state index in [2.05, 4.69) is 12.7 Å². The Bertz CT molecular complexity index is 362. The summed E-state index contributed by atoms with van der Waals surface area (Å²) in [6.07, 6.45) is 11.0. The van der Waals surface area contributed by atoms with Gasteiger partial charge in [-0.05, 0) is 32.1 Å². The second kappa shape index (κ2) is 4.19. The van der Waals surface area contributed by atoms with Crippen LogP contribution in [0.1, 0.15) is 38.5 Å². The minimum absolute atomic E-state index is 0.323. The van der Waals surface area contributed by atoms with Crippen LogP contribution in [0.15, 0.2) is 24.8 Å². The highest BCUT2D eigenvalue weighted by atomic mass is 16.6. The SMILES string of the molecule is C=CC[C@]1(O)C=CC[C@@]2(CCCO2)[C@@]12CCCO2. The molecule has 0 aromatic heterocycles. The van der Waals surface area contributed by atoms with E-state index in [1.807, 2.05) is 6.08 Å². The third-order valence-corrected chi connectivity index (χ3v) is 4.86. The van der Waals surface area contributed by atoms with Crippen LogP contribution >= 0.6 is 0 Å². The minimum Gasteiger partial charge on any atom is -0.382 e. The van der Waals surface area contributed by atoms with Gasteiger partial charge in [0.15, 0.2) is 0 Å². The lowest BCUT2D eigenvalue weighted by Gasteiger charge is -2.54. The maximum atomic E-state index is 11.1. The first-order valence-corrected chi connectivity index (χ1v) is 6.97. The maximum absolute atomic E-state index is 11.1. The first kappa shape index (κ1) is 12.4. The molecule has 0 unspecified atom stereocenters. The molecular formula is C15H22O3. The summed E-state index contributed by atoms with van der Waals surface area (Å²) < 4.78 is 12.2. The molecule has 3 aliphatic rings. The summed E-state index contributed by atoms with van der Waals surface area (Å²) in [4.78, 5) is 0. The second-order valence-corrected chi connectivity index (χ2v) is 5.75. The van der Waals surface area contributed by atoms with Crippen LogP contribution in [0.4, 0.5) is 0 Å². The monoisotopic (exact) mass is 250 g/mol. The van der Waals surface area contributed by atoms with Crippen molar-refractivity contribution in [2.24, 2.45) is 0 Å². The lowest BCUT2D eigenvalue weighted by atomic mass is 9.62. The Hall–Kier alpha value is -0.640. The molecule has 2 heterocycles. The molecule has 0 aromatic rings. The van der Waals surface area contributed by atoms with Crippen LogP contribution in [0, 0.1) is 0 Å². The van der Waals surface area contributed by atoms with E-state index in [-0.39, 0.29) is 5.60 Å². The van der Waals surface area contributed by atoms with E-state index >= 15 is 0 Å². The summed E-state index contributed by atoms with van der Waals surface area (Å²) in [5, 5.41) is 11.1. The number of fused-ring (bicyclic) bond motifs is 1. The largest absolute Gasteiger partial charge is 0.382 e. The molecule has 2 saturated heterocycles. The average molecular weight is 250 g/mol. The summed E-state index contributed by atoms with van der Waals surface area (Å²) in [6, 6.07) is 0. The van der Waals surface area contributed by atoms with Crippen LogP contribution in [0.25, 0.3) is 0 Å². The van der Waals surface area contributed by atoms with Crippen molar-refractivity contribution in [3.63, 3.8) is 0 Å². The minimum atomic E-state index is -0.964. The molecular weight excluding hydrogens is 228 g/mol. The fourth-order valence-electron chi connectivity index (χ4n) is 4.11. The zero-order valence-electron chi connectivity index (χ0n) is 10.9. The van der Waals surface area contributed by atoms with E-state index in [0.717, 1.165) is 45.3 Å². The van der Waals surface area contributed by atoms with E-state index < -0.39 is 11.2 Å². The first-order valence-electron chi connectivity index (χ1n) is 6.97. The van der Waals surface area contributed by atoms with Gasteiger partial charge in [-0.2, -0.15) is 0 Å². The highest BCUT2D eigenvalue weighted by Gasteiger charge is 2.66. The summed E-state index contributed by atoms with van der Waals surface area (Å²) in [6.45, 7) is 5.28. The lowest BCUT2D eigenvalue weighted by molar-refractivity contribution is -0.241. The molecule has 100 valence electrons. The maximum Gasteiger partial charge on any atom is 0.130 e. The van der Waals surface area contributed by atoms with Gasteiger partial charge >= 0.3 is 0 Å². The van der Waals surface area contributed by atoms with Crippen molar-refractivity contribution in [2.75, 3.05) is 13.2 Å². The number of ether oxygens (including phenoxy) is 2. The van der Waals surface area contributed by atoms with Crippen molar-refractivity contribution >= 4 is 0 Å². The van der Waals surface area contributed by atoms with Gasteiger partial charge < -0.3 is 14.6 Å². The molecule has 3 nitrogen and oxygen atoms in total. The molecule has 3 atom stereocenters. The Morgan fingerprint density at radius 1 is 1.22 bits per heavy atom. The average Bonchev–Trinajstić information content (AvgIpc) is 2.97. The third-order valence-electron chi connectivity index (χ3n) is 4.86. The van der Waals surface area contributed by atoms with Gasteiger partial charge in [0.1, 0.15) is 16.8 Å². The summed E-state index contributed by atoms with van der Waals surface area (Å²) in [7, 11) is 0. The topological polar surface area (TPSA) is 38.7 Å². The molecule has 3 rings (SSSR count). The van der Waals surface area contributed by atoms with Crippen molar-refractivity contribution in [3.8, 4) is 0 Å². The Morgan fingerprint density at radius 3 is 2.61 bits per heavy atom. The predicted octanol–water partition coefficient (Wildman–Crippen LogP) is 2.35. The molecule has 2 fully saturated rings. The van der Waals surface area contributed by atoms with E-state index in [0.29, 0.717) is 6.42 Å². The van der Waals surface area contributed by atoms with Crippen LogP contribution in [-0.2, 0) is 9.47 Å². The lowest BCUT2D eigenvalue weighted by Crippen LogP contribution is -2.68. The van der Waals surface area contributed by atoms with E-state index in [4.69, 9.17) is 9.47 Å². The van der Waals surface area contributed by atoms with Gasteiger partial charge in [-0.15, -0.1) is 6.58 Å². The fourth-order valence-corrected chi connectivity index (χ4v) is 4.11. The highest BCUT2D eigenvalue weighted by Crippen LogP contribution is 2.55. The molecule has 0 radical (unpaired) electrons. The van der Waals surface area contributed by atoms with Crippen LogP contribution in [0.5, 0.6) is 0 Å². The Balaban J connectivity index is 2.07. The van der Waals surface area contributed by atoms with Crippen molar-refractivity contribution < 1.29 is 14.6 Å². The normalized spacial score (nSPS) is 47.2. The molecule has 0 amide bonds. The Morgan fingerprint density at radius 2 is 2.00 bits per heavy atom. The summed E-state index contributed by atoms with van der Waals surface area (Å²) in [5.41, 5.74) is -1.86. The standard InChI is InChI=1S/C15H22O3/c1-2-6-13(16)7-3-8-14(9-4-11-17-14)15(13)10-5-12-18-15/h2-3,7,16H,1,4-6,8-12H2/t13-,14+,15+/m0/s1. The zero-order chi connectivity index (χ0) is 12.7. The molecule has 2 spiro atoms. The summed E-state index contributed by atoms with van der Waals surface area (Å²) >= 11 is 0. The van der Waals surface area contributed by atoms with Gasteiger partial charge in [-0.3, -0.25) is 0 Å². The molecule has 0 bridgehead atoms. The van der Waals surface area contributed by atoms with Crippen molar-refractivity contribution in [1.82, 2.24) is 0 Å². The van der Waals surface area contributed by atoms with Crippen LogP contribution in [0.2, 0.25) is 0 Å². The van der Waals surface area contributed by atoms with Gasteiger partial charge in [0.25, 0.3) is 0 Å². The predicted molar refractivity (Wildman–Crippen MR) is 69.4 cm³/mol. The number of hydrogen-bond donors (Lipinski definition) is 1. The fraction of sp³-hybridized carbons (Fsp3) is 0.733.